The van der Waals surface area contributed by atoms with Crippen molar-refractivity contribution in [1.82, 2.24) is 5.32 Å². The summed E-state index contributed by atoms with van der Waals surface area (Å²) in [5.41, 5.74) is 1.62. The number of nitriles is 1. The van der Waals surface area contributed by atoms with Crippen LogP contribution in [0.4, 0.5) is 5.69 Å². The van der Waals surface area contributed by atoms with Gasteiger partial charge in [-0.05, 0) is 48.0 Å². The molecule has 0 bridgehead atoms. The lowest BCUT2D eigenvalue weighted by Crippen LogP contribution is -2.27. The van der Waals surface area contributed by atoms with E-state index in [0.29, 0.717) is 35.7 Å². The summed E-state index contributed by atoms with van der Waals surface area (Å²) in [5.74, 6) is -0.0923. The Balaban J connectivity index is 2.10. The summed E-state index contributed by atoms with van der Waals surface area (Å²) >= 11 is 0. The van der Waals surface area contributed by atoms with E-state index in [0.717, 1.165) is 0 Å². The van der Waals surface area contributed by atoms with Gasteiger partial charge in [-0.15, -0.1) is 0 Å². The fraction of sp³-hybridized carbons (Fsp3) is 0.190. The SMILES string of the molecule is COCCNC(=O)/C(C#N)=C/c1cccc(NC(=O)c2ccc(OC)cc2)c1. The number of carbonyl (C=O) groups is 2. The third kappa shape index (κ3) is 5.97. The van der Waals surface area contributed by atoms with E-state index >= 15 is 0 Å². The van der Waals surface area contributed by atoms with Crippen molar-refractivity contribution in [3.63, 3.8) is 0 Å². The monoisotopic (exact) mass is 379 g/mol. The fourth-order valence-electron chi connectivity index (χ4n) is 2.33. The van der Waals surface area contributed by atoms with Crippen molar-refractivity contribution in [2.75, 3.05) is 32.7 Å². The Morgan fingerprint density at radius 1 is 1.14 bits per heavy atom. The standard InChI is InChI=1S/C21H21N3O4/c1-27-11-10-23-20(25)17(14-22)12-15-4-3-5-18(13-15)24-21(26)16-6-8-19(28-2)9-7-16/h3-9,12-13H,10-11H2,1-2H3,(H,23,25)(H,24,26)/b17-12+. The van der Waals surface area contributed by atoms with Crippen molar-refractivity contribution in [2.24, 2.45) is 0 Å². The van der Waals surface area contributed by atoms with Gasteiger partial charge in [-0.1, -0.05) is 12.1 Å². The summed E-state index contributed by atoms with van der Waals surface area (Å²) in [7, 11) is 3.08. The smallest absolute Gasteiger partial charge is 0.262 e. The molecule has 0 aliphatic carbocycles. The Morgan fingerprint density at radius 2 is 1.89 bits per heavy atom. The van der Waals surface area contributed by atoms with Crippen LogP contribution in [-0.2, 0) is 9.53 Å². The van der Waals surface area contributed by atoms with Crippen LogP contribution in [0.3, 0.4) is 0 Å². The zero-order chi connectivity index (χ0) is 20.4. The number of nitrogens with zero attached hydrogens (tertiary/aromatic N) is 1. The van der Waals surface area contributed by atoms with Crippen molar-refractivity contribution >= 4 is 23.6 Å². The first-order chi connectivity index (χ1) is 13.6. The zero-order valence-corrected chi connectivity index (χ0v) is 15.7. The first kappa shape index (κ1) is 20.7. The zero-order valence-electron chi connectivity index (χ0n) is 15.7. The third-order valence-corrected chi connectivity index (χ3v) is 3.76. The molecule has 2 aromatic carbocycles. The normalized spacial score (nSPS) is 10.7. The number of rotatable bonds is 8. The highest BCUT2D eigenvalue weighted by Gasteiger charge is 2.09. The lowest BCUT2D eigenvalue weighted by molar-refractivity contribution is -0.117. The van der Waals surface area contributed by atoms with Gasteiger partial charge in [0.05, 0.1) is 13.7 Å². The van der Waals surface area contributed by atoms with Crippen molar-refractivity contribution < 1.29 is 19.1 Å². The van der Waals surface area contributed by atoms with Gasteiger partial charge >= 0.3 is 0 Å². The summed E-state index contributed by atoms with van der Waals surface area (Å²) in [4.78, 5) is 24.4. The molecule has 144 valence electrons. The molecule has 2 rings (SSSR count). The first-order valence-corrected chi connectivity index (χ1v) is 8.51. The minimum absolute atomic E-state index is 0.0327. The first-order valence-electron chi connectivity index (χ1n) is 8.51. The average Bonchev–Trinajstić information content (AvgIpc) is 2.72. The molecule has 0 heterocycles. The van der Waals surface area contributed by atoms with Crippen LogP contribution in [0.2, 0.25) is 0 Å². The van der Waals surface area contributed by atoms with Crippen LogP contribution in [0, 0.1) is 11.3 Å². The van der Waals surface area contributed by atoms with E-state index in [1.165, 1.54) is 13.2 Å². The minimum atomic E-state index is -0.479. The summed E-state index contributed by atoms with van der Waals surface area (Å²) in [6, 6.07) is 15.5. The second kappa shape index (κ2) is 10.5. The number of benzene rings is 2. The molecule has 0 saturated carbocycles. The topological polar surface area (TPSA) is 100 Å². The molecule has 0 aliphatic heterocycles. The number of amides is 2. The van der Waals surface area contributed by atoms with E-state index in [9.17, 15) is 14.9 Å². The second-order valence-electron chi connectivity index (χ2n) is 5.73. The molecule has 0 fully saturated rings. The number of hydrogen-bond acceptors (Lipinski definition) is 5. The van der Waals surface area contributed by atoms with Gasteiger partial charge in [0, 0.05) is 24.9 Å². The molecule has 0 radical (unpaired) electrons. The number of hydrogen-bond donors (Lipinski definition) is 2. The maximum absolute atomic E-state index is 12.4. The van der Waals surface area contributed by atoms with Gasteiger partial charge < -0.3 is 20.1 Å². The van der Waals surface area contributed by atoms with Crippen LogP contribution in [0.15, 0.2) is 54.1 Å². The number of nitrogens with one attached hydrogen (secondary N) is 2. The molecule has 0 unspecified atom stereocenters. The van der Waals surface area contributed by atoms with Gasteiger partial charge in [0.2, 0.25) is 0 Å². The third-order valence-electron chi connectivity index (χ3n) is 3.76. The van der Waals surface area contributed by atoms with Crippen LogP contribution in [-0.4, -0.2) is 39.2 Å². The predicted molar refractivity (Wildman–Crippen MR) is 106 cm³/mol. The molecule has 0 spiro atoms. The second-order valence-corrected chi connectivity index (χ2v) is 5.73. The van der Waals surface area contributed by atoms with Gasteiger partial charge in [-0.3, -0.25) is 9.59 Å². The van der Waals surface area contributed by atoms with Crippen LogP contribution >= 0.6 is 0 Å². The average molecular weight is 379 g/mol. The van der Waals surface area contributed by atoms with Crippen molar-refractivity contribution in [3.05, 3.63) is 65.2 Å². The minimum Gasteiger partial charge on any atom is -0.497 e. The Labute approximate surface area is 163 Å². The molecular formula is C21H21N3O4. The van der Waals surface area contributed by atoms with Crippen LogP contribution < -0.4 is 15.4 Å². The number of carbonyl (C=O) groups excluding carboxylic acids is 2. The van der Waals surface area contributed by atoms with Crippen molar-refractivity contribution in [3.8, 4) is 11.8 Å². The van der Waals surface area contributed by atoms with Crippen molar-refractivity contribution in [1.29, 1.82) is 5.26 Å². The van der Waals surface area contributed by atoms with Gasteiger partial charge in [-0.2, -0.15) is 5.26 Å². The Morgan fingerprint density at radius 3 is 2.54 bits per heavy atom. The van der Waals surface area contributed by atoms with Gasteiger partial charge in [0.1, 0.15) is 17.4 Å². The molecule has 7 heteroatoms. The quantitative estimate of drug-likeness (QED) is 0.417. The molecule has 28 heavy (non-hydrogen) atoms. The molecule has 0 aliphatic rings. The largest absolute Gasteiger partial charge is 0.497 e. The molecule has 0 saturated heterocycles. The Bertz CT molecular complexity index is 899. The highest BCUT2D eigenvalue weighted by molar-refractivity contribution is 6.05. The summed E-state index contributed by atoms with van der Waals surface area (Å²) in [5, 5.41) is 14.6. The summed E-state index contributed by atoms with van der Waals surface area (Å²) in [6.07, 6.45) is 1.46. The highest BCUT2D eigenvalue weighted by Crippen LogP contribution is 2.16. The fourth-order valence-corrected chi connectivity index (χ4v) is 2.33. The van der Waals surface area contributed by atoms with E-state index < -0.39 is 5.91 Å². The van der Waals surface area contributed by atoms with E-state index in [1.54, 1.807) is 55.6 Å². The van der Waals surface area contributed by atoms with Crippen LogP contribution in [0.1, 0.15) is 15.9 Å². The van der Waals surface area contributed by atoms with Gasteiger partial charge in [0.25, 0.3) is 11.8 Å². The van der Waals surface area contributed by atoms with E-state index in [2.05, 4.69) is 10.6 Å². The number of anilines is 1. The number of methoxy groups -OCH3 is 2. The van der Waals surface area contributed by atoms with E-state index in [-0.39, 0.29) is 11.5 Å². The summed E-state index contributed by atoms with van der Waals surface area (Å²) < 4.78 is 9.94. The molecule has 0 atom stereocenters. The van der Waals surface area contributed by atoms with E-state index in [4.69, 9.17) is 9.47 Å². The van der Waals surface area contributed by atoms with Crippen LogP contribution in [0.25, 0.3) is 6.08 Å². The highest BCUT2D eigenvalue weighted by atomic mass is 16.5. The van der Waals surface area contributed by atoms with Crippen LogP contribution in [0.5, 0.6) is 5.75 Å². The van der Waals surface area contributed by atoms with Gasteiger partial charge in [0.15, 0.2) is 0 Å². The molecule has 7 nitrogen and oxygen atoms in total. The van der Waals surface area contributed by atoms with Gasteiger partial charge in [-0.25, -0.2) is 0 Å². The lowest BCUT2D eigenvalue weighted by atomic mass is 10.1. The molecule has 2 aromatic rings. The molecule has 2 N–H and O–H groups in total. The molecular weight excluding hydrogens is 358 g/mol. The summed E-state index contributed by atoms with van der Waals surface area (Å²) in [6.45, 7) is 0.670. The molecule has 2 amide bonds. The molecule has 0 aromatic heterocycles. The van der Waals surface area contributed by atoms with E-state index in [1.807, 2.05) is 6.07 Å². The maximum Gasteiger partial charge on any atom is 0.262 e. The van der Waals surface area contributed by atoms with Crippen molar-refractivity contribution in [2.45, 2.75) is 0 Å². The Kier molecular flexibility index (Phi) is 7.76. The Hall–Kier alpha value is -3.63. The maximum atomic E-state index is 12.4. The lowest BCUT2D eigenvalue weighted by Gasteiger charge is -2.07. The number of ether oxygens (including phenoxy) is 2. The predicted octanol–water partition coefficient (Wildman–Crippen LogP) is 2.62.